The maximum absolute atomic E-state index is 11.7. The van der Waals surface area contributed by atoms with Gasteiger partial charge in [-0.2, -0.15) is 5.10 Å². The molecule has 0 spiro atoms. The van der Waals surface area contributed by atoms with Gasteiger partial charge in [0.2, 0.25) is 5.91 Å². The van der Waals surface area contributed by atoms with E-state index in [1.165, 1.54) is 17.1 Å². The van der Waals surface area contributed by atoms with Gasteiger partial charge in [-0.05, 0) is 17.7 Å². The summed E-state index contributed by atoms with van der Waals surface area (Å²) < 4.78 is 6.33. The summed E-state index contributed by atoms with van der Waals surface area (Å²) in [5.74, 6) is -0.562. The van der Waals surface area contributed by atoms with Crippen molar-refractivity contribution in [3.63, 3.8) is 0 Å². The van der Waals surface area contributed by atoms with Gasteiger partial charge >= 0.3 is 5.97 Å². The van der Waals surface area contributed by atoms with Crippen LogP contribution in [-0.2, 0) is 17.9 Å². The van der Waals surface area contributed by atoms with Crippen LogP contribution in [0.25, 0.3) is 0 Å². The molecular formula is C14H15N3O4. The predicted molar refractivity (Wildman–Crippen MR) is 74.0 cm³/mol. The van der Waals surface area contributed by atoms with E-state index in [1.807, 2.05) is 24.3 Å². The number of rotatable bonds is 6. The molecule has 21 heavy (non-hydrogen) atoms. The second kappa shape index (κ2) is 6.56. The largest absolute Gasteiger partial charge is 0.497 e. The van der Waals surface area contributed by atoms with Crippen LogP contribution in [-0.4, -0.2) is 33.9 Å². The van der Waals surface area contributed by atoms with Gasteiger partial charge in [-0.1, -0.05) is 12.1 Å². The van der Waals surface area contributed by atoms with E-state index in [-0.39, 0.29) is 18.0 Å². The number of aromatic carboxylic acids is 1. The van der Waals surface area contributed by atoms with Crippen molar-refractivity contribution >= 4 is 11.9 Å². The number of amides is 1. The normalized spacial score (nSPS) is 10.1. The third-order valence-electron chi connectivity index (χ3n) is 2.83. The first-order valence-corrected chi connectivity index (χ1v) is 6.24. The number of carboxylic acids is 1. The summed E-state index contributed by atoms with van der Waals surface area (Å²) in [5, 5.41) is 15.3. The van der Waals surface area contributed by atoms with Gasteiger partial charge in [-0.3, -0.25) is 9.48 Å². The van der Waals surface area contributed by atoms with E-state index in [2.05, 4.69) is 10.4 Å². The SMILES string of the molecule is COc1ccc(CNC(=O)Cn2cc(C(=O)O)cn2)cc1. The lowest BCUT2D eigenvalue weighted by molar-refractivity contribution is -0.122. The van der Waals surface area contributed by atoms with Crippen LogP contribution in [0.4, 0.5) is 0 Å². The number of hydrogen-bond acceptors (Lipinski definition) is 4. The van der Waals surface area contributed by atoms with Crippen LogP contribution in [0.15, 0.2) is 36.7 Å². The zero-order chi connectivity index (χ0) is 15.2. The van der Waals surface area contributed by atoms with Crippen molar-refractivity contribution in [3.05, 3.63) is 47.8 Å². The zero-order valence-corrected chi connectivity index (χ0v) is 11.4. The van der Waals surface area contributed by atoms with E-state index in [1.54, 1.807) is 7.11 Å². The minimum Gasteiger partial charge on any atom is -0.497 e. The molecule has 0 saturated carbocycles. The number of hydrogen-bond donors (Lipinski definition) is 2. The average Bonchev–Trinajstić information content (AvgIpc) is 2.94. The fourth-order valence-electron chi connectivity index (χ4n) is 1.71. The summed E-state index contributed by atoms with van der Waals surface area (Å²) in [4.78, 5) is 22.4. The summed E-state index contributed by atoms with van der Waals surface area (Å²) >= 11 is 0. The fraction of sp³-hybridized carbons (Fsp3) is 0.214. The Morgan fingerprint density at radius 2 is 2.05 bits per heavy atom. The minimum absolute atomic E-state index is 0.0244. The number of ether oxygens (including phenoxy) is 1. The van der Waals surface area contributed by atoms with Gasteiger partial charge in [-0.15, -0.1) is 0 Å². The number of nitrogens with one attached hydrogen (secondary N) is 1. The molecule has 1 heterocycles. The first-order valence-electron chi connectivity index (χ1n) is 6.24. The van der Waals surface area contributed by atoms with Gasteiger partial charge < -0.3 is 15.2 Å². The molecule has 0 fully saturated rings. The molecule has 1 amide bonds. The van der Waals surface area contributed by atoms with Crippen molar-refractivity contribution in [1.29, 1.82) is 0 Å². The van der Waals surface area contributed by atoms with Crippen molar-refractivity contribution in [2.45, 2.75) is 13.1 Å². The average molecular weight is 289 g/mol. The molecular weight excluding hydrogens is 274 g/mol. The monoisotopic (exact) mass is 289 g/mol. The zero-order valence-electron chi connectivity index (χ0n) is 11.4. The number of aromatic nitrogens is 2. The van der Waals surface area contributed by atoms with Gasteiger partial charge in [0, 0.05) is 12.7 Å². The van der Waals surface area contributed by atoms with Crippen LogP contribution in [0, 0.1) is 0 Å². The Hall–Kier alpha value is -2.83. The highest BCUT2D eigenvalue weighted by molar-refractivity contribution is 5.87. The molecule has 0 aliphatic rings. The molecule has 1 aromatic carbocycles. The van der Waals surface area contributed by atoms with Gasteiger partial charge in [0.1, 0.15) is 12.3 Å². The van der Waals surface area contributed by atoms with Gasteiger partial charge in [0.25, 0.3) is 0 Å². The summed E-state index contributed by atoms with van der Waals surface area (Å²) in [6, 6.07) is 7.34. The standard InChI is InChI=1S/C14H15N3O4/c1-21-12-4-2-10(3-5-12)6-15-13(18)9-17-8-11(7-16-17)14(19)20/h2-5,7-8H,6,9H2,1H3,(H,15,18)(H,19,20). The van der Waals surface area contributed by atoms with Crippen molar-refractivity contribution in [3.8, 4) is 5.75 Å². The van der Waals surface area contributed by atoms with Gasteiger partial charge in [0.05, 0.1) is 18.9 Å². The number of carbonyl (C=O) groups is 2. The molecule has 0 aliphatic heterocycles. The molecule has 0 radical (unpaired) electrons. The van der Waals surface area contributed by atoms with Crippen LogP contribution in [0.5, 0.6) is 5.75 Å². The first-order chi connectivity index (χ1) is 10.1. The molecule has 2 N–H and O–H groups in total. The topological polar surface area (TPSA) is 93.5 Å². The molecule has 1 aromatic heterocycles. The van der Waals surface area contributed by atoms with E-state index in [4.69, 9.17) is 9.84 Å². The second-order valence-electron chi connectivity index (χ2n) is 4.36. The third kappa shape index (κ3) is 4.07. The predicted octanol–water partition coefficient (Wildman–Crippen LogP) is 0.906. The molecule has 2 aromatic rings. The van der Waals surface area contributed by atoms with Crippen LogP contribution in [0.1, 0.15) is 15.9 Å². The molecule has 7 nitrogen and oxygen atoms in total. The lowest BCUT2D eigenvalue weighted by Crippen LogP contribution is -2.27. The molecule has 0 aliphatic carbocycles. The Morgan fingerprint density at radius 3 is 2.62 bits per heavy atom. The number of benzene rings is 1. The van der Waals surface area contributed by atoms with Crippen LogP contribution in [0.2, 0.25) is 0 Å². The van der Waals surface area contributed by atoms with Crippen LogP contribution in [0.3, 0.4) is 0 Å². The molecule has 0 unspecified atom stereocenters. The molecule has 110 valence electrons. The lowest BCUT2D eigenvalue weighted by atomic mass is 10.2. The van der Waals surface area contributed by atoms with E-state index < -0.39 is 5.97 Å². The van der Waals surface area contributed by atoms with E-state index >= 15 is 0 Å². The van der Waals surface area contributed by atoms with E-state index in [0.29, 0.717) is 6.54 Å². The number of nitrogens with zero attached hydrogens (tertiary/aromatic N) is 2. The number of methoxy groups -OCH3 is 1. The molecule has 7 heteroatoms. The highest BCUT2D eigenvalue weighted by atomic mass is 16.5. The van der Waals surface area contributed by atoms with E-state index in [9.17, 15) is 9.59 Å². The minimum atomic E-state index is -1.07. The molecule has 0 saturated heterocycles. The van der Waals surface area contributed by atoms with Crippen molar-refractivity contribution in [2.24, 2.45) is 0 Å². The fourth-order valence-corrected chi connectivity index (χ4v) is 1.71. The van der Waals surface area contributed by atoms with Crippen LogP contribution < -0.4 is 10.1 Å². The summed E-state index contributed by atoms with van der Waals surface area (Å²) in [7, 11) is 1.59. The van der Waals surface area contributed by atoms with Crippen molar-refractivity contribution < 1.29 is 19.4 Å². The highest BCUT2D eigenvalue weighted by Gasteiger charge is 2.08. The van der Waals surface area contributed by atoms with Crippen molar-refractivity contribution in [2.75, 3.05) is 7.11 Å². The molecule has 0 bridgehead atoms. The van der Waals surface area contributed by atoms with Crippen molar-refractivity contribution in [1.82, 2.24) is 15.1 Å². The molecule has 2 rings (SSSR count). The number of carbonyl (C=O) groups excluding carboxylic acids is 1. The quantitative estimate of drug-likeness (QED) is 0.824. The Balaban J connectivity index is 1.84. The number of carboxylic acid groups (broad SMARTS) is 1. The van der Waals surface area contributed by atoms with E-state index in [0.717, 1.165) is 11.3 Å². The second-order valence-corrected chi connectivity index (χ2v) is 4.36. The smallest absolute Gasteiger partial charge is 0.338 e. The Morgan fingerprint density at radius 1 is 1.33 bits per heavy atom. The Kier molecular flexibility index (Phi) is 4.55. The van der Waals surface area contributed by atoms with Crippen LogP contribution >= 0.6 is 0 Å². The Bertz CT molecular complexity index is 634. The summed E-state index contributed by atoms with van der Waals surface area (Å²) in [6.45, 7) is 0.360. The van der Waals surface area contributed by atoms with Gasteiger partial charge in [-0.25, -0.2) is 4.79 Å². The maximum Gasteiger partial charge on any atom is 0.338 e. The summed E-state index contributed by atoms with van der Waals surface area (Å²) in [6.07, 6.45) is 2.52. The maximum atomic E-state index is 11.7. The van der Waals surface area contributed by atoms with Gasteiger partial charge in [0.15, 0.2) is 0 Å². The first kappa shape index (κ1) is 14.6. The third-order valence-corrected chi connectivity index (χ3v) is 2.83. The summed E-state index contributed by atoms with van der Waals surface area (Å²) in [5.41, 5.74) is 0.994. The molecule has 0 atom stereocenters. The highest BCUT2D eigenvalue weighted by Crippen LogP contribution is 2.10. The Labute approximate surface area is 121 Å². The lowest BCUT2D eigenvalue weighted by Gasteiger charge is -2.06.